The smallest absolute Gasteiger partial charge is 0.323 e. The summed E-state index contributed by atoms with van der Waals surface area (Å²) in [6.07, 6.45) is 1.85. The molecule has 1 rings (SSSR count). The molecule has 1 saturated heterocycles. The van der Waals surface area contributed by atoms with Crippen molar-refractivity contribution in [2.45, 2.75) is 39.2 Å². The number of aliphatic carboxylic acids is 1. The van der Waals surface area contributed by atoms with Gasteiger partial charge in [0.15, 0.2) is 0 Å². The number of rotatable bonds is 5. The predicted molar refractivity (Wildman–Crippen MR) is 64.6 cm³/mol. The topological polar surface area (TPSA) is 52.6 Å². The number of hydrogen-bond acceptors (Lipinski definition) is 3. The first-order valence-corrected chi connectivity index (χ1v) is 5.94. The quantitative estimate of drug-likeness (QED) is 0.741. The molecule has 0 aliphatic carbocycles. The van der Waals surface area contributed by atoms with Crippen LogP contribution < -0.4 is 5.32 Å². The highest BCUT2D eigenvalue weighted by atomic mass is 16.4. The second kappa shape index (κ2) is 4.72. The third-order valence-electron chi connectivity index (χ3n) is 3.71. The molecule has 4 heteroatoms. The van der Waals surface area contributed by atoms with Crippen molar-refractivity contribution < 1.29 is 9.90 Å². The molecule has 16 heavy (non-hydrogen) atoms. The highest BCUT2D eigenvalue weighted by molar-refractivity contribution is 5.78. The average Bonchev–Trinajstić information content (AvgIpc) is 2.54. The zero-order valence-corrected chi connectivity index (χ0v) is 10.8. The number of carbonyl (C=O) groups is 1. The van der Waals surface area contributed by atoms with Gasteiger partial charge in [0.25, 0.3) is 0 Å². The van der Waals surface area contributed by atoms with Crippen LogP contribution in [0, 0.1) is 5.41 Å². The molecule has 1 aliphatic rings. The maximum absolute atomic E-state index is 11.1. The van der Waals surface area contributed by atoms with Crippen LogP contribution in [0.25, 0.3) is 0 Å². The van der Waals surface area contributed by atoms with Crippen LogP contribution in [0.1, 0.15) is 33.6 Å². The first-order chi connectivity index (χ1) is 7.29. The molecule has 1 heterocycles. The SMILES string of the molecule is CNC(C)(CCN1CCC(C)(C)C1)C(=O)O. The Morgan fingerprint density at radius 3 is 2.56 bits per heavy atom. The maximum Gasteiger partial charge on any atom is 0.323 e. The molecule has 0 spiro atoms. The molecule has 1 atom stereocenters. The first kappa shape index (κ1) is 13.5. The molecule has 0 aromatic carbocycles. The Morgan fingerprint density at radius 2 is 2.19 bits per heavy atom. The Bertz CT molecular complexity index is 266. The lowest BCUT2D eigenvalue weighted by Crippen LogP contribution is -2.49. The third-order valence-corrected chi connectivity index (χ3v) is 3.71. The van der Waals surface area contributed by atoms with Gasteiger partial charge in [-0.15, -0.1) is 0 Å². The van der Waals surface area contributed by atoms with Crippen molar-refractivity contribution >= 4 is 5.97 Å². The molecule has 1 fully saturated rings. The van der Waals surface area contributed by atoms with E-state index in [0.29, 0.717) is 11.8 Å². The summed E-state index contributed by atoms with van der Waals surface area (Å²) >= 11 is 0. The second-order valence-corrected chi connectivity index (χ2v) is 5.83. The molecule has 0 radical (unpaired) electrons. The van der Waals surface area contributed by atoms with E-state index in [9.17, 15) is 4.79 Å². The van der Waals surface area contributed by atoms with E-state index < -0.39 is 11.5 Å². The standard InChI is InChI=1S/C12H24N2O2/c1-11(2)5-7-14(9-11)8-6-12(3,13-4)10(15)16/h13H,5-9H2,1-4H3,(H,15,16). The van der Waals surface area contributed by atoms with Gasteiger partial charge in [0.1, 0.15) is 5.54 Å². The van der Waals surface area contributed by atoms with E-state index in [1.165, 1.54) is 6.42 Å². The van der Waals surface area contributed by atoms with Crippen molar-refractivity contribution in [2.24, 2.45) is 5.41 Å². The Kier molecular flexibility index (Phi) is 3.97. The number of carboxylic acid groups (broad SMARTS) is 1. The van der Waals surface area contributed by atoms with E-state index in [0.717, 1.165) is 19.6 Å². The second-order valence-electron chi connectivity index (χ2n) is 5.83. The van der Waals surface area contributed by atoms with Crippen LogP contribution >= 0.6 is 0 Å². The summed E-state index contributed by atoms with van der Waals surface area (Å²) in [6, 6.07) is 0. The molecule has 2 N–H and O–H groups in total. The van der Waals surface area contributed by atoms with E-state index in [4.69, 9.17) is 5.11 Å². The first-order valence-electron chi connectivity index (χ1n) is 5.94. The molecule has 1 aliphatic heterocycles. The molecule has 1 unspecified atom stereocenters. The Morgan fingerprint density at radius 1 is 1.56 bits per heavy atom. The van der Waals surface area contributed by atoms with Gasteiger partial charge in [0.2, 0.25) is 0 Å². The molecule has 0 amide bonds. The zero-order chi connectivity index (χ0) is 12.4. The summed E-state index contributed by atoms with van der Waals surface area (Å²) in [4.78, 5) is 13.5. The molecule has 4 nitrogen and oxygen atoms in total. The normalized spacial score (nSPS) is 24.2. The van der Waals surface area contributed by atoms with Crippen molar-refractivity contribution in [3.8, 4) is 0 Å². The van der Waals surface area contributed by atoms with E-state index in [2.05, 4.69) is 24.1 Å². The molecule has 0 bridgehead atoms. The van der Waals surface area contributed by atoms with Gasteiger partial charge >= 0.3 is 5.97 Å². The summed E-state index contributed by atoms with van der Waals surface area (Å²) in [5.74, 6) is -0.770. The fourth-order valence-electron chi connectivity index (χ4n) is 2.14. The summed E-state index contributed by atoms with van der Waals surface area (Å²) in [5, 5.41) is 12.0. The van der Waals surface area contributed by atoms with Crippen molar-refractivity contribution in [1.29, 1.82) is 0 Å². The third kappa shape index (κ3) is 3.19. The number of likely N-dealkylation sites (N-methyl/N-ethyl adjacent to an activating group) is 1. The molecule has 94 valence electrons. The molecular formula is C12H24N2O2. The van der Waals surface area contributed by atoms with Crippen molar-refractivity contribution in [1.82, 2.24) is 10.2 Å². The van der Waals surface area contributed by atoms with Crippen LogP contribution in [-0.2, 0) is 4.79 Å². The summed E-state index contributed by atoms with van der Waals surface area (Å²) in [5.41, 5.74) is -0.411. The lowest BCUT2D eigenvalue weighted by atomic mass is 9.93. The van der Waals surface area contributed by atoms with Gasteiger partial charge in [-0.05, 0) is 38.8 Å². The Hall–Kier alpha value is -0.610. The van der Waals surface area contributed by atoms with Gasteiger partial charge in [0, 0.05) is 13.1 Å². The minimum atomic E-state index is -0.799. The average molecular weight is 228 g/mol. The van der Waals surface area contributed by atoms with Crippen LogP contribution in [-0.4, -0.2) is 48.2 Å². The van der Waals surface area contributed by atoms with Gasteiger partial charge in [-0.25, -0.2) is 0 Å². The molecule has 0 saturated carbocycles. The van der Waals surface area contributed by atoms with Crippen LogP contribution in [0.4, 0.5) is 0 Å². The summed E-state index contributed by atoms with van der Waals surface area (Å²) < 4.78 is 0. The van der Waals surface area contributed by atoms with Gasteiger partial charge in [0.05, 0.1) is 0 Å². The summed E-state index contributed by atoms with van der Waals surface area (Å²) in [7, 11) is 1.71. The highest BCUT2D eigenvalue weighted by Crippen LogP contribution is 2.29. The van der Waals surface area contributed by atoms with Gasteiger partial charge in [-0.1, -0.05) is 13.8 Å². The Labute approximate surface area is 98.0 Å². The number of carboxylic acids is 1. The largest absolute Gasteiger partial charge is 0.480 e. The van der Waals surface area contributed by atoms with E-state index in [-0.39, 0.29) is 0 Å². The Balaban J connectivity index is 2.43. The fraction of sp³-hybridized carbons (Fsp3) is 0.917. The van der Waals surface area contributed by atoms with Gasteiger partial charge in [-0.2, -0.15) is 0 Å². The molecule has 0 aromatic heterocycles. The van der Waals surface area contributed by atoms with Crippen molar-refractivity contribution in [2.75, 3.05) is 26.7 Å². The monoisotopic (exact) mass is 228 g/mol. The lowest BCUT2D eigenvalue weighted by Gasteiger charge is -2.27. The predicted octanol–water partition coefficient (Wildman–Crippen LogP) is 1.17. The minimum absolute atomic E-state index is 0.388. The van der Waals surface area contributed by atoms with E-state index >= 15 is 0 Å². The fourth-order valence-corrected chi connectivity index (χ4v) is 2.14. The van der Waals surface area contributed by atoms with Crippen molar-refractivity contribution in [3.05, 3.63) is 0 Å². The van der Waals surface area contributed by atoms with Crippen LogP contribution in [0.15, 0.2) is 0 Å². The van der Waals surface area contributed by atoms with Crippen LogP contribution in [0.5, 0.6) is 0 Å². The lowest BCUT2D eigenvalue weighted by molar-refractivity contribution is -0.144. The number of nitrogens with one attached hydrogen (secondary N) is 1. The van der Waals surface area contributed by atoms with E-state index in [1.807, 2.05) is 0 Å². The number of hydrogen-bond donors (Lipinski definition) is 2. The van der Waals surface area contributed by atoms with Gasteiger partial charge in [-0.3, -0.25) is 4.79 Å². The van der Waals surface area contributed by atoms with Crippen LogP contribution in [0.3, 0.4) is 0 Å². The molecule has 0 aromatic rings. The number of nitrogens with zero attached hydrogens (tertiary/aromatic N) is 1. The number of likely N-dealkylation sites (tertiary alicyclic amines) is 1. The van der Waals surface area contributed by atoms with E-state index in [1.54, 1.807) is 14.0 Å². The zero-order valence-electron chi connectivity index (χ0n) is 10.8. The maximum atomic E-state index is 11.1. The highest BCUT2D eigenvalue weighted by Gasteiger charge is 2.34. The van der Waals surface area contributed by atoms with Gasteiger partial charge < -0.3 is 15.3 Å². The summed E-state index contributed by atoms with van der Waals surface area (Å²) in [6.45, 7) is 9.30. The van der Waals surface area contributed by atoms with Crippen molar-refractivity contribution in [3.63, 3.8) is 0 Å². The van der Waals surface area contributed by atoms with Crippen LogP contribution in [0.2, 0.25) is 0 Å². The minimum Gasteiger partial charge on any atom is -0.480 e. The molecular weight excluding hydrogens is 204 g/mol.